The smallest absolute Gasteiger partial charge is 0.237 e. The minimum absolute atomic E-state index is 0.108. The van der Waals surface area contributed by atoms with Gasteiger partial charge in [0.1, 0.15) is 0 Å². The zero-order chi connectivity index (χ0) is 18.6. The van der Waals surface area contributed by atoms with E-state index in [2.05, 4.69) is 20.8 Å². The number of nitrogens with zero attached hydrogens (tertiary/aromatic N) is 2. The summed E-state index contributed by atoms with van der Waals surface area (Å²) in [4.78, 5) is 12.4. The molecule has 0 saturated carbocycles. The molecule has 3 heterocycles. The van der Waals surface area contributed by atoms with Crippen molar-refractivity contribution in [3.8, 4) is 11.5 Å². The summed E-state index contributed by atoms with van der Waals surface area (Å²) in [7, 11) is 0. The molecule has 0 radical (unpaired) electrons. The van der Waals surface area contributed by atoms with Crippen LogP contribution in [0.3, 0.4) is 0 Å². The fraction of sp³-hybridized carbons (Fsp3) is 0.471. The van der Waals surface area contributed by atoms with Gasteiger partial charge in [-0.15, -0.1) is 10.2 Å². The zero-order valence-electron chi connectivity index (χ0n) is 14.8. The fourth-order valence-corrected chi connectivity index (χ4v) is 4.66. The van der Waals surface area contributed by atoms with Crippen molar-refractivity contribution in [3.63, 3.8) is 0 Å². The quantitative estimate of drug-likeness (QED) is 0.675. The van der Waals surface area contributed by atoms with Crippen molar-refractivity contribution < 1.29 is 19.0 Å². The predicted molar refractivity (Wildman–Crippen MR) is 104 cm³/mol. The van der Waals surface area contributed by atoms with E-state index in [9.17, 15) is 4.79 Å². The van der Waals surface area contributed by atoms with Crippen LogP contribution in [0, 0.1) is 0 Å². The van der Waals surface area contributed by atoms with Crippen molar-refractivity contribution in [3.05, 3.63) is 18.2 Å². The molecule has 2 atom stereocenters. The van der Waals surface area contributed by atoms with E-state index in [1.54, 1.807) is 18.2 Å². The van der Waals surface area contributed by atoms with Gasteiger partial charge in [0.2, 0.25) is 17.8 Å². The number of hydrogen-bond acceptors (Lipinski definition) is 9. The van der Waals surface area contributed by atoms with Gasteiger partial charge in [-0.1, -0.05) is 23.1 Å². The number of rotatable bonds is 7. The molecular formula is C17H20N4O4S2. The maximum atomic E-state index is 12.4. The Bertz CT molecular complexity index is 810. The SMILES string of the molecule is C[C@@H](Sc1nnc(NC[C@H]2CCCO2)s1)C(=O)Nc1ccc2c(c1)OCO2. The van der Waals surface area contributed by atoms with Crippen molar-refractivity contribution in [1.29, 1.82) is 0 Å². The van der Waals surface area contributed by atoms with E-state index in [0.717, 1.165) is 35.5 Å². The molecular weight excluding hydrogens is 388 g/mol. The van der Waals surface area contributed by atoms with Crippen LogP contribution >= 0.6 is 23.1 Å². The monoisotopic (exact) mass is 408 g/mol. The summed E-state index contributed by atoms with van der Waals surface area (Å²) in [6.07, 6.45) is 2.43. The third-order valence-corrected chi connectivity index (χ3v) is 6.26. The van der Waals surface area contributed by atoms with Crippen molar-refractivity contribution in [2.75, 3.05) is 30.6 Å². The lowest BCUT2D eigenvalue weighted by Crippen LogP contribution is -2.22. The molecule has 4 rings (SSSR count). The van der Waals surface area contributed by atoms with Crippen LogP contribution in [0.1, 0.15) is 19.8 Å². The standard InChI is InChI=1S/C17H20N4O4S2/c1-10(15(22)19-11-4-5-13-14(7-11)25-9-24-13)26-17-21-20-16(27-17)18-8-12-3-2-6-23-12/h4-5,7,10,12H,2-3,6,8-9H2,1H3,(H,18,20)(H,19,22)/t10-,12-/m1/s1. The van der Waals surface area contributed by atoms with Crippen molar-refractivity contribution in [1.82, 2.24) is 10.2 Å². The summed E-state index contributed by atoms with van der Waals surface area (Å²) in [5.74, 6) is 1.22. The predicted octanol–water partition coefficient (Wildman–Crippen LogP) is 2.98. The number of anilines is 2. The maximum absolute atomic E-state index is 12.4. The highest BCUT2D eigenvalue weighted by molar-refractivity contribution is 8.02. The average molecular weight is 409 g/mol. The second-order valence-corrected chi connectivity index (χ2v) is 8.77. The average Bonchev–Trinajstić information content (AvgIpc) is 3.41. The number of aromatic nitrogens is 2. The van der Waals surface area contributed by atoms with Crippen LogP contribution in [0.25, 0.3) is 0 Å². The summed E-state index contributed by atoms with van der Waals surface area (Å²) < 4.78 is 16.9. The van der Waals surface area contributed by atoms with E-state index in [4.69, 9.17) is 14.2 Å². The molecule has 2 aliphatic rings. The Balaban J connectivity index is 1.28. The Morgan fingerprint density at radius 1 is 1.37 bits per heavy atom. The third kappa shape index (κ3) is 4.63. The molecule has 1 aromatic heterocycles. The number of hydrogen-bond donors (Lipinski definition) is 2. The Morgan fingerprint density at radius 3 is 3.11 bits per heavy atom. The van der Waals surface area contributed by atoms with Gasteiger partial charge in [-0.2, -0.15) is 0 Å². The lowest BCUT2D eigenvalue weighted by Gasteiger charge is -2.10. The van der Waals surface area contributed by atoms with Crippen molar-refractivity contribution >= 4 is 39.8 Å². The van der Waals surface area contributed by atoms with E-state index < -0.39 is 0 Å². The number of carbonyl (C=O) groups is 1. The summed E-state index contributed by atoms with van der Waals surface area (Å²) in [5, 5.41) is 14.9. The second kappa shape index (κ2) is 8.32. The largest absolute Gasteiger partial charge is 0.454 e. The molecule has 0 spiro atoms. The lowest BCUT2D eigenvalue weighted by atomic mass is 10.2. The fourth-order valence-electron chi connectivity index (χ4n) is 2.76. The first-order valence-corrected chi connectivity index (χ1v) is 10.4. The molecule has 1 aromatic carbocycles. The lowest BCUT2D eigenvalue weighted by molar-refractivity contribution is -0.115. The minimum atomic E-state index is -0.311. The molecule has 1 amide bonds. The van der Waals surface area contributed by atoms with Crippen LogP contribution in [0.2, 0.25) is 0 Å². The Kier molecular flexibility index (Phi) is 5.65. The number of amides is 1. The van der Waals surface area contributed by atoms with E-state index in [1.165, 1.54) is 23.1 Å². The van der Waals surface area contributed by atoms with Gasteiger partial charge in [-0.25, -0.2) is 0 Å². The van der Waals surface area contributed by atoms with E-state index in [0.29, 0.717) is 17.2 Å². The molecule has 0 bridgehead atoms. The normalized spacial score (nSPS) is 19.1. The summed E-state index contributed by atoms with van der Waals surface area (Å²) in [6, 6.07) is 5.34. The van der Waals surface area contributed by atoms with Crippen LogP contribution in [-0.2, 0) is 9.53 Å². The number of thioether (sulfide) groups is 1. The minimum Gasteiger partial charge on any atom is -0.454 e. The number of benzene rings is 1. The van der Waals surface area contributed by atoms with E-state index in [-0.39, 0.29) is 24.1 Å². The molecule has 27 heavy (non-hydrogen) atoms. The summed E-state index contributed by atoms with van der Waals surface area (Å²) in [5.41, 5.74) is 0.674. The molecule has 1 saturated heterocycles. The van der Waals surface area contributed by atoms with Gasteiger partial charge in [-0.05, 0) is 31.9 Å². The van der Waals surface area contributed by atoms with E-state index >= 15 is 0 Å². The van der Waals surface area contributed by atoms with Crippen LogP contribution in [0.15, 0.2) is 22.5 Å². The molecule has 2 aliphatic heterocycles. The molecule has 144 valence electrons. The van der Waals surface area contributed by atoms with Crippen LogP contribution in [-0.4, -0.2) is 47.4 Å². The third-order valence-electron chi connectivity index (χ3n) is 4.20. The van der Waals surface area contributed by atoms with Gasteiger partial charge in [-0.3, -0.25) is 4.79 Å². The van der Waals surface area contributed by atoms with Gasteiger partial charge in [0.15, 0.2) is 15.8 Å². The molecule has 2 aromatic rings. The van der Waals surface area contributed by atoms with E-state index in [1.807, 2.05) is 6.92 Å². The molecule has 0 aliphatic carbocycles. The molecule has 1 fully saturated rings. The molecule has 10 heteroatoms. The first kappa shape index (κ1) is 18.3. The molecule has 0 unspecified atom stereocenters. The van der Waals surface area contributed by atoms with Crippen LogP contribution in [0.4, 0.5) is 10.8 Å². The van der Waals surface area contributed by atoms with Crippen molar-refractivity contribution in [2.24, 2.45) is 0 Å². The Labute approximate surface area is 165 Å². The number of fused-ring (bicyclic) bond motifs is 1. The maximum Gasteiger partial charge on any atom is 0.237 e. The van der Waals surface area contributed by atoms with Gasteiger partial charge in [0.25, 0.3) is 0 Å². The van der Waals surface area contributed by atoms with Gasteiger partial charge in [0, 0.05) is 24.9 Å². The summed E-state index contributed by atoms with van der Waals surface area (Å²) in [6.45, 7) is 3.62. The van der Waals surface area contributed by atoms with Gasteiger partial charge in [0.05, 0.1) is 11.4 Å². The highest BCUT2D eigenvalue weighted by Crippen LogP contribution is 2.35. The van der Waals surface area contributed by atoms with Crippen molar-refractivity contribution in [2.45, 2.75) is 35.5 Å². The topological polar surface area (TPSA) is 94.6 Å². The number of ether oxygens (including phenoxy) is 3. The highest BCUT2D eigenvalue weighted by Gasteiger charge is 2.20. The highest BCUT2D eigenvalue weighted by atomic mass is 32.2. The molecule has 8 nitrogen and oxygen atoms in total. The number of nitrogens with one attached hydrogen (secondary N) is 2. The first-order valence-electron chi connectivity index (χ1n) is 8.73. The zero-order valence-corrected chi connectivity index (χ0v) is 16.4. The Morgan fingerprint density at radius 2 is 2.26 bits per heavy atom. The first-order chi connectivity index (χ1) is 13.2. The van der Waals surface area contributed by atoms with Gasteiger partial charge >= 0.3 is 0 Å². The number of carbonyl (C=O) groups excluding carboxylic acids is 1. The second-order valence-electron chi connectivity index (χ2n) is 6.21. The van der Waals surface area contributed by atoms with Gasteiger partial charge < -0.3 is 24.8 Å². The van der Waals surface area contributed by atoms with Crippen LogP contribution in [0.5, 0.6) is 11.5 Å². The Hall–Kier alpha value is -2.04. The molecule has 2 N–H and O–H groups in total. The summed E-state index contributed by atoms with van der Waals surface area (Å²) >= 11 is 2.82. The van der Waals surface area contributed by atoms with Crippen LogP contribution < -0.4 is 20.1 Å².